The summed E-state index contributed by atoms with van der Waals surface area (Å²) in [5.41, 5.74) is 0.853. The first-order valence-electron chi connectivity index (χ1n) is 7.77. The SMILES string of the molecule is CCC(NC(=O)OCc1ccccc1)C(=O)OCCCC(=O)OC. The molecule has 24 heavy (non-hydrogen) atoms. The van der Waals surface area contributed by atoms with Crippen LogP contribution < -0.4 is 5.32 Å². The Labute approximate surface area is 141 Å². The van der Waals surface area contributed by atoms with Crippen molar-refractivity contribution in [2.75, 3.05) is 13.7 Å². The zero-order chi connectivity index (χ0) is 17.8. The molecule has 7 heteroatoms. The quantitative estimate of drug-likeness (QED) is 0.422. The molecule has 0 aliphatic carbocycles. The van der Waals surface area contributed by atoms with E-state index < -0.39 is 18.1 Å². The number of alkyl carbamates (subject to hydrolysis) is 1. The Morgan fingerprint density at radius 3 is 2.46 bits per heavy atom. The predicted octanol–water partition coefficient (Wildman–Crippen LogP) is 2.19. The maximum absolute atomic E-state index is 11.9. The summed E-state index contributed by atoms with van der Waals surface area (Å²) in [4.78, 5) is 34.6. The molecule has 7 nitrogen and oxygen atoms in total. The second-order valence-electron chi connectivity index (χ2n) is 5.01. The Kier molecular flexibility index (Phi) is 8.96. The molecule has 0 fully saturated rings. The first kappa shape index (κ1) is 19.5. The van der Waals surface area contributed by atoms with Gasteiger partial charge in [-0.3, -0.25) is 4.79 Å². The Hall–Kier alpha value is -2.57. The van der Waals surface area contributed by atoms with Crippen LogP contribution in [0.1, 0.15) is 31.7 Å². The van der Waals surface area contributed by atoms with E-state index in [0.717, 1.165) is 5.56 Å². The van der Waals surface area contributed by atoms with Crippen LogP contribution in [0.5, 0.6) is 0 Å². The molecule has 1 atom stereocenters. The molecule has 0 aromatic heterocycles. The fraction of sp³-hybridized carbons (Fsp3) is 0.471. The van der Waals surface area contributed by atoms with Gasteiger partial charge in [0.25, 0.3) is 0 Å². The van der Waals surface area contributed by atoms with Crippen LogP contribution in [0.2, 0.25) is 0 Å². The average molecular weight is 337 g/mol. The van der Waals surface area contributed by atoms with E-state index in [1.807, 2.05) is 30.3 Å². The highest BCUT2D eigenvalue weighted by atomic mass is 16.6. The van der Waals surface area contributed by atoms with Gasteiger partial charge in [0.1, 0.15) is 12.6 Å². The fourth-order valence-corrected chi connectivity index (χ4v) is 1.83. The van der Waals surface area contributed by atoms with Crippen LogP contribution in [0.4, 0.5) is 4.79 Å². The third kappa shape index (κ3) is 7.62. The molecule has 132 valence electrons. The summed E-state index contributed by atoms with van der Waals surface area (Å²) in [6.07, 6.45) is 0.230. The largest absolute Gasteiger partial charge is 0.469 e. The smallest absolute Gasteiger partial charge is 0.408 e. The topological polar surface area (TPSA) is 90.9 Å². The summed E-state index contributed by atoms with van der Waals surface area (Å²) in [6.45, 7) is 1.96. The van der Waals surface area contributed by atoms with Crippen molar-refractivity contribution in [3.8, 4) is 0 Å². The Morgan fingerprint density at radius 1 is 1.12 bits per heavy atom. The summed E-state index contributed by atoms with van der Waals surface area (Å²) in [7, 11) is 1.30. The average Bonchev–Trinajstić information content (AvgIpc) is 2.61. The first-order valence-corrected chi connectivity index (χ1v) is 7.77. The van der Waals surface area contributed by atoms with Crippen LogP contribution in [-0.4, -0.2) is 37.8 Å². The normalized spacial score (nSPS) is 11.2. The molecule has 0 aliphatic heterocycles. The van der Waals surface area contributed by atoms with Crippen molar-refractivity contribution in [3.05, 3.63) is 35.9 Å². The molecule has 0 saturated carbocycles. The standard InChI is InChI=1S/C17H23NO6/c1-3-14(16(20)23-11-7-10-15(19)22-2)18-17(21)24-12-13-8-5-4-6-9-13/h4-6,8-9,14H,3,7,10-12H2,1-2H3,(H,18,21). The molecule has 1 aromatic rings. The maximum Gasteiger partial charge on any atom is 0.408 e. The van der Waals surface area contributed by atoms with Crippen LogP contribution >= 0.6 is 0 Å². The molecule has 1 unspecified atom stereocenters. The van der Waals surface area contributed by atoms with E-state index in [-0.39, 0.29) is 25.6 Å². The molecule has 0 radical (unpaired) electrons. The lowest BCUT2D eigenvalue weighted by molar-refractivity contribution is -0.148. The number of carbonyl (C=O) groups is 3. The Balaban J connectivity index is 2.30. The van der Waals surface area contributed by atoms with Gasteiger partial charge in [0.05, 0.1) is 13.7 Å². The number of benzene rings is 1. The number of carbonyl (C=O) groups excluding carboxylic acids is 3. The van der Waals surface area contributed by atoms with Gasteiger partial charge in [-0.05, 0) is 18.4 Å². The summed E-state index contributed by atoms with van der Waals surface area (Å²) in [6, 6.07) is 8.44. The van der Waals surface area contributed by atoms with Crippen LogP contribution in [0, 0.1) is 0 Å². The van der Waals surface area contributed by atoms with Gasteiger partial charge in [-0.2, -0.15) is 0 Å². The summed E-state index contributed by atoms with van der Waals surface area (Å²) in [5, 5.41) is 2.47. The molecule has 0 aliphatic rings. The lowest BCUT2D eigenvalue weighted by Gasteiger charge is -2.16. The Bertz CT molecular complexity index is 531. The zero-order valence-electron chi connectivity index (χ0n) is 13.9. The molecular formula is C17H23NO6. The van der Waals surface area contributed by atoms with E-state index >= 15 is 0 Å². The molecule has 0 spiro atoms. The van der Waals surface area contributed by atoms with Gasteiger partial charge < -0.3 is 19.5 Å². The van der Waals surface area contributed by atoms with E-state index in [2.05, 4.69) is 10.1 Å². The third-order valence-electron chi connectivity index (χ3n) is 3.19. The van der Waals surface area contributed by atoms with Crippen molar-refractivity contribution < 1.29 is 28.6 Å². The third-order valence-corrected chi connectivity index (χ3v) is 3.19. The number of esters is 2. The number of methoxy groups -OCH3 is 1. The minimum atomic E-state index is -0.786. The minimum Gasteiger partial charge on any atom is -0.469 e. The lowest BCUT2D eigenvalue weighted by Crippen LogP contribution is -2.41. The van der Waals surface area contributed by atoms with Gasteiger partial charge in [-0.25, -0.2) is 9.59 Å². The van der Waals surface area contributed by atoms with Crippen molar-refractivity contribution in [3.63, 3.8) is 0 Å². The highest BCUT2D eigenvalue weighted by Gasteiger charge is 2.21. The molecule has 0 saturated heterocycles. The van der Waals surface area contributed by atoms with Gasteiger partial charge in [-0.15, -0.1) is 0 Å². The molecule has 0 heterocycles. The van der Waals surface area contributed by atoms with Crippen molar-refractivity contribution in [2.24, 2.45) is 0 Å². The second-order valence-corrected chi connectivity index (χ2v) is 5.01. The van der Waals surface area contributed by atoms with Crippen LogP contribution in [-0.2, 0) is 30.4 Å². The van der Waals surface area contributed by atoms with Crippen molar-refractivity contribution in [1.29, 1.82) is 0 Å². The molecular weight excluding hydrogens is 314 g/mol. The monoisotopic (exact) mass is 337 g/mol. The number of ether oxygens (including phenoxy) is 3. The number of hydrogen-bond acceptors (Lipinski definition) is 6. The van der Waals surface area contributed by atoms with Gasteiger partial charge in [0.15, 0.2) is 0 Å². The van der Waals surface area contributed by atoms with Gasteiger partial charge in [-0.1, -0.05) is 37.3 Å². The zero-order valence-corrected chi connectivity index (χ0v) is 13.9. The number of hydrogen-bond donors (Lipinski definition) is 1. The minimum absolute atomic E-state index is 0.0885. The number of nitrogens with one attached hydrogen (secondary N) is 1. The van der Waals surface area contributed by atoms with Crippen LogP contribution in [0.3, 0.4) is 0 Å². The summed E-state index contributed by atoms with van der Waals surface area (Å²) in [5.74, 6) is -0.917. The molecule has 1 N–H and O–H groups in total. The fourth-order valence-electron chi connectivity index (χ4n) is 1.83. The summed E-state index contributed by atoms with van der Waals surface area (Å²) < 4.78 is 14.6. The van der Waals surface area contributed by atoms with E-state index in [1.165, 1.54) is 7.11 Å². The molecule has 0 bridgehead atoms. The van der Waals surface area contributed by atoms with Gasteiger partial charge in [0.2, 0.25) is 0 Å². The highest BCUT2D eigenvalue weighted by molar-refractivity contribution is 5.81. The maximum atomic E-state index is 11.9. The van der Waals surface area contributed by atoms with Crippen molar-refractivity contribution >= 4 is 18.0 Å². The van der Waals surface area contributed by atoms with Crippen molar-refractivity contribution in [1.82, 2.24) is 5.32 Å². The van der Waals surface area contributed by atoms with E-state index in [1.54, 1.807) is 6.92 Å². The number of amides is 1. The van der Waals surface area contributed by atoms with Crippen molar-refractivity contribution in [2.45, 2.75) is 38.8 Å². The van der Waals surface area contributed by atoms with E-state index in [9.17, 15) is 14.4 Å². The van der Waals surface area contributed by atoms with Gasteiger partial charge in [0, 0.05) is 6.42 Å². The summed E-state index contributed by atoms with van der Waals surface area (Å²) >= 11 is 0. The molecule has 1 aromatic carbocycles. The lowest BCUT2D eigenvalue weighted by atomic mass is 10.2. The molecule has 1 rings (SSSR count). The molecule has 1 amide bonds. The van der Waals surface area contributed by atoms with Gasteiger partial charge >= 0.3 is 18.0 Å². The first-order chi connectivity index (χ1) is 11.6. The predicted molar refractivity (Wildman–Crippen MR) is 86.1 cm³/mol. The van der Waals surface area contributed by atoms with Crippen LogP contribution in [0.25, 0.3) is 0 Å². The van der Waals surface area contributed by atoms with E-state index in [0.29, 0.717) is 12.8 Å². The van der Waals surface area contributed by atoms with E-state index in [4.69, 9.17) is 9.47 Å². The Morgan fingerprint density at radius 2 is 1.83 bits per heavy atom. The van der Waals surface area contributed by atoms with Crippen LogP contribution in [0.15, 0.2) is 30.3 Å². The second kappa shape index (κ2) is 11.0. The highest BCUT2D eigenvalue weighted by Crippen LogP contribution is 2.02. The number of rotatable bonds is 9.